The minimum atomic E-state index is -1.77. The summed E-state index contributed by atoms with van der Waals surface area (Å²) >= 11 is 0. The van der Waals surface area contributed by atoms with E-state index in [9.17, 15) is 0 Å². The van der Waals surface area contributed by atoms with Crippen LogP contribution >= 0.6 is 0 Å². The standard InChI is InChI=1S/C18H29NO2Si/c1-17(2,3)22(4,5)21-14-7-6-10-18-13-9-8-12(11-13)16(18)20-19-15(14)18/h8-9,12-14,16H,6-7,10-11H2,1-5H3/t12-,13+,14+,16+,18+/m0/s1. The van der Waals surface area contributed by atoms with Crippen LogP contribution in [-0.2, 0) is 9.26 Å². The van der Waals surface area contributed by atoms with Gasteiger partial charge >= 0.3 is 0 Å². The van der Waals surface area contributed by atoms with E-state index < -0.39 is 8.32 Å². The van der Waals surface area contributed by atoms with E-state index >= 15 is 0 Å². The van der Waals surface area contributed by atoms with Gasteiger partial charge in [-0.15, -0.1) is 0 Å². The Labute approximate surface area is 135 Å². The number of hydrogen-bond donors (Lipinski definition) is 0. The molecular formula is C18H29NO2Si. The van der Waals surface area contributed by atoms with Crippen molar-refractivity contribution < 1.29 is 9.26 Å². The molecule has 1 spiro atoms. The summed E-state index contributed by atoms with van der Waals surface area (Å²) in [5.41, 5.74) is 1.43. The topological polar surface area (TPSA) is 30.8 Å². The van der Waals surface area contributed by atoms with E-state index in [1.54, 1.807) is 0 Å². The number of nitrogens with zero attached hydrogens (tertiary/aromatic N) is 1. The maximum Gasteiger partial charge on any atom is 0.192 e. The Kier molecular flexibility index (Phi) is 3.04. The predicted octanol–water partition coefficient (Wildman–Crippen LogP) is 4.51. The Bertz CT molecular complexity index is 548. The van der Waals surface area contributed by atoms with Crippen molar-refractivity contribution >= 4 is 14.0 Å². The average Bonchev–Trinajstić information content (AvgIpc) is 3.07. The van der Waals surface area contributed by atoms with Crippen molar-refractivity contribution in [2.75, 3.05) is 0 Å². The quantitative estimate of drug-likeness (QED) is 0.554. The monoisotopic (exact) mass is 319 g/mol. The van der Waals surface area contributed by atoms with E-state index in [1.807, 2.05) is 0 Å². The third-order valence-electron chi connectivity index (χ3n) is 7.02. The normalized spacial score (nSPS) is 42.9. The SMILES string of the molecule is CC(C)(C)[Si](C)(C)O[C@@H]1CCC[C@@]23C1=NO[C@@H]2[C@H]1C=C[C@@H]3C1. The molecule has 3 nitrogen and oxygen atoms in total. The molecule has 0 aromatic rings. The van der Waals surface area contributed by atoms with Crippen molar-refractivity contribution in [2.45, 2.75) is 76.8 Å². The van der Waals surface area contributed by atoms with Gasteiger partial charge in [0.05, 0.1) is 17.2 Å². The van der Waals surface area contributed by atoms with Gasteiger partial charge < -0.3 is 9.26 Å². The Hall–Kier alpha value is -0.613. The first-order chi connectivity index (χ1) is 10.3. The lowest BCUT2D eigenvalue weighted by Crippen LogP contribution is -2.54. The van der Waals surface area contributed by atoms with Crippen LogP contribution in [-0.4, -0.2) is 26.2 Å². The first-order valence-electron chi connectivity index (χ1n) is 8.86. The van der Waals surface area contributed by atoms with Crippen molar-refractivity contribution in [3.8, 4) is 0 Å². The fourth-order valence-electron chi connectivity index (χ4n) is 4.81. The van der Waals surface area contributed by atoms with E-state index in [0.29, 0.717) is 17.9 Å². The number of oxime groups is 1. The molecule has 1 aliphatic heterocycles. The second-order valence-electron chi connectivity index (χ2n) is 9.19. The molecule has 2 fully saturated rings. The van der Waals surface area contributed by atoms with E-state index in [2.05, 4.69) is 51.2 Å². The number of hydrogen-bond acceptors (Lipinski definition) is 3. The molecule has 3 aliphatic carbocycles. The molecule has 5 atom stereocenters. The summed E-state index contributed by atoms with van der Waals surface area (Å²) in [5.74, 6) is 1.22. The van der Waals surface area contributed by atoms with E-state index in [-0.39, 0.29) is 16.6 Å². The maximum atomic E-state index is 6.77. The van der Waals surface area contributed by atoms with Gasteiger partial charge in [0.1, 0.15) is 6.10 Å². The van der Waals surface area contributed by atoms with E-state index in [1.165, 1.54) is 25.0 Å². The molecule has 4 aliphatic rings. The molecule has 22 heavy (non-hydrogen) atoms. The van der Waals surface area contributed by atoms with Crippen LogP contribution in [0, 0.1) is 17.3 Å². The summed E-state index contributed by atoms with van der Waals surface area (Å²) in [6.07, 6.45) is 10.1. The lowest BCUT2D eigenvalue weighted by molar-refractivity contribution is 0.00790. The molecule has 0 aromatic carbocycles. The van der Waals surface area contributed by atoms with Gasteiger partial charge in [-0.2, -0.15) is 0 Å². The third-order valence-corrected chi connectivity index (χ3v) is 11.5. The van der Waals surface area contributed by atoms with Gasteiger partial charge in [-0.05, 0) is 49.7 Å². The van der Waals surface area contributed by atoms with Crippen LogP contribution in [0.5, 0.6) is 0 Å². The molecule has 4 rings (SSSR count). The highest BCUT2D eigenvalue weighted by Gasteiger charge is 2.65. The molecule has 0 amide bonds. The molecule has 0 aromatic heterocycles. The molecule has 2 bridgehead atoms. The fraction of sp³-hybridized carbons (Fsp3) is 0.833. The second kappa shape index (κ2) is 4.47. The largest absolute Gasteiger partial charge is 0.409 e. The van der Waals surface area contributed by atoms with Crippen LogP contribution in [0.4, 0.5) is 0 Å². The number of rotatable bonds is 2. The molecule has 0 radical (unpaired) electrons. The van der Waals surface area contributed by atoms with Crippen LogP contribution in [0.3, 0.4) is 0 Å². The smallest absolute Gasteiger partial charge is 0.192 e. The molecule has 0 saturated heterocycles. The van der Waals surface area contributed by atoms with Gasteiger partial charge in [-0.25, -0.2) is 0 Å². The van der Waals surface area contributed by atoms with Crippen molar-refractivity contribution in [3.63, 3.8) is 0 Å². The zero-order valence-electron chi connectivity index (χ0n) is 14.6. The summed E-state index contributed by atoms with van der Waals surface area (Å²) in [4.78, 5) is 5.95. The van der Waals surface area contributed by atoms with Crippen LogP contribution in [0.2, 0.25) is 18.1 Å². The minimum absolute atomic E-state index is 0.171. The molecule has 0 unspecified atom stereocenters. The molecule has 0 N–H and O–H groups in total. The van der Waals surface area contributed by atoms with Crippen molar-refractivity contribution in [3.05, 3.63) is 12.2 Å². The first-order valence-corrected chi connectivity index (χ1v) is 11.8. The van der Waals surface area contributed by atoms with Gasteiger partial charge in [0, 0.05) is 5.92 Å². The Morgan fingerprint density at radius 2 is 2.09 bits per heavy atom. The zero-order valence-corrected chi connectivity index (χ0v) is 15.6. The highest BCUT2D eigenvalue weighted by atomic mass is 28.4. The molecule has 122 valence electrons. The molecular weight excluding hydrogens is 290 g/mol. The van der Waals surface area contributed by atoms with Gasteiger partial charge in [0.15, 0.2) is 8.32 Å². The van der Waals surface area contributed by atoms with Gasteiger partial charge in [0.25, 0.3) is 0 Å². The number of fused-ring (bicyclic) bond motifs is 3. The van der Waals surface area contributed by atoms with E-state index in [4.69, 9.17) is 9.26 Å². The minimum Gasteiger partial charge on any atom is -0.409 e. The summed E-state index contributed by atoms with van der Waals surface area (Å²) in [5, 5.41) is 4.84. The zero-order chi connectivity index (χ0) is 15.8. The lowest BCUT2D eigenvalue weighted by Gasteiger charge is -2.45. The average molecular weight is 320 g/mol. The summed E-state index contributed by atoms with van der Waals surface area (Å²) in [6.45, 7) is 11.6. The Balaban J connectivity index is 1.63. The van der Waals surface area contributed by atoms with Crippen LogP contribution in [0.1, 0.15) is 46.5 Å². The van der Waals surface area contributed by atoms with E-state index in [0.717, 1.165) is 6.42 Å². The highest BCUT2D eigenvalue weighted by Crippen LogP contribution is 2.61. The highest BCUT2D eigenvalue weighted by molar-refractivity contribution is 6.74. The molecule has 2 saturated carbocycles. The Morgan fingerprint density at radius 1 is 1.32 bits per heavy atom. The second-order valence-corrected chi connectivity index (χ2v) is 13.9. The van der Waals surface area contributed by atoms with Crippen LogP contribution in [0.25, 0.3) is 0 Å². The number of allylic oxidation sites excluding steroid dienone is 1. The van der Waals surface area contributed by atoms with Gasteiger partial charge in [-0.1, -0.05) is 38.1 Å². The van der Waals surface area contributed by atoms with Gasteiger partial charge in [-0.3, -0.25) is 0 Å². The first kappa shape index (κ1) is 14.9. The van der Waals surface area contributed by atoms with Crippen molar-refractivity contribution in [1.82, 2.24) is 0 Å². The van der Waals surface area contributed by atoms with Crippen LogP contribution < -0.4 is 0 Å². The fourth-order valence-corrected chi connectivity index (χ4v) is 6.11. The molecule has 4 heteroatoms. The lowest BCUT2D eigenvalue weighted by atomic mass is 9.63. The summed E-state index contributed by atoms with van der Waals surface area (Å²) in [6, 6.07) is 0. The van der Waals surface area contributed by atoms with Crippen molar-refractivity contribution in [1.29, 1.82) is 0 Å². The van der Waals surface area contributed by atoms with Crippen LogP contribution in [0.15, 0.2) is 17.3 Å². The van der Waals surface area contributed by atoms with Gasteiger partial charge in [0.2, 0.25) is 0 Å². The molecule has 1 heterocycles. The van der Waals surface area contributed by atoms with Crippen molar-refractivity contribution in [2.24, 2.45) is 22.4 Å². The summed E-state index contributed by atoms with van der Waals surface area (Å²) < 4.78 is 6.77. The maximum absolute atomic E-state index is 6.77. The third kappa shape index (κ3) is 1.80. The predicted molar refractivity (Wildman–Crippen MR) is 91.4 cm³/mol. The Morgan fingerprint density at radius 3 is 2.82 bits per heavy atom. The summed E-state index contributed by atoms with van der Waals surface area (Å²) in [7, 11) is -1.77.